The molecule has 11 nitrogen and oxygen atoms in total. The molecule has 0 spiro atoms. The molecule has 4 rings (SSSR count). The maximum Gasteiger partial charge on any atom is 0.277 e. The maximum atomic E-state index is 12.8. The second kappa shape index (κ2) is 6.16. The molecule has 1 fully saturated rings. The van der Waals surface area contributed by atoms with E-state index < -0.39 is 21.6 Å². The Balaban J connectivity index is 1.81. The molecule has 1 aliphatic carbocycles. The predicted octanol–water partition coefficient (Wildman–Crippen LogP) is -0.658. The third-order valence-corrected chi connectivity index (χ3v) is 5.13. The molecule has 0 bridgehead atoms. The molecule has 1 saturated carbocycles. The molecule has 1 aliphatic rings. The molecule has 12 heteroatoms. The third kappa shape index (κ3) is 3.32. The van der Waals surface area contributed by atoms with E-state index in [2.05, 4.69) is 25.3 Å². The van der Waals surface area contributed by atoms with Crippen LogP contribution in [0.5, 0.6) is 0 Å². The van der Waals surface area contributed by atoms with Crippen molar-refractivity contribution in [2.45, 2.75) is 31.8 Å². The van der Waals surface area contributed by atoms with E-state index in [-0.39, 0.29) is 29.0 Å². The van der Waals surface area contributed by atoms with Crippen molar-refractivity contribution in [1.29, 1.82) is 0 Å². The van der Waals surface area contributed by atoms with Crippen molar-refractivity contribution in [1.82, 2.24) is 34.7 Å². The van der Waals surface area contributed by atoms with E-state index in [0.29, 0.717) is 10.9 Å². The Bertz CT molecular complexity index is 1280. The summed E-state index contributed by atoms with van der Waals surface area (Å²) in [6.07, 6.45) is 2.84. The molecular formula is C15H17N7O4S. The largest absolute Gasteiger partial charge is 0.277 e. The molecule has 0 aliphatic heterocycles. The number of fused-ring (bicyclic) bond motifs is 2. The molecule has 1 atom stereocenters. The van der Waals surface area contributed by atoms with E-state index in [1.807, 2.05) is 0 Å². The summed E-state index contributed by atoms with van der Waals surface area (Å²) in [5, 5.41) is 16.5. The first-order chi connectivity index (χ1) is 12.7. The maximum absolute atomic E-state index is 12.8. The fourth-order valence-electron chi connectivity index (χ4n) is 2.81. The van der Waals surface area contributed by atoms with Gasteiger partial charge in [-0.3, -0.25) is 9.59 Å². The molecule has 1 N–H and O–H groups in total. The van der Waals surface area contributed by atoms with Crippen LogP contribution in [0.2, 0.25) is 0 Å². The third-order valence-electron chi connectivity index (χ3n) is 4.44. The van der Waals surface area contributed by atoms with Crippen LogP contribution in [0, 0.1) is 0 Å². The first-order valence-corrected chi connectivity index (χ1v) is 10.3. The highest BCUT2D eigenvalue weighted by Gasteiger charge is 2.27. The first kappa shape index (κ1) is 17.7. The number of hydrogen-bond donors (Lipinski definition) is 1. The Hall–Kier alpha value is -2.73. The van der Waals surface area contributed by atoms with Gasteiger partial charge in [0.1, 0.15) is 11.0 Å². The van der Waals surface area contributed by atoms with Gasteiger partial charge in [-0.05, 0) is 31.9 Å². The number of hydrogen-bond acceptors (Lipinski definition) is 8. The lowest BCUT2D eigenvalue weighted by Gasteiger charge is -2.13. The number of benzene rings is 1. The van der Waals surface area contributed by atoms with E-state index in [1.54, 1.807) is 6.92 Å². The molecule has 1 aromatic carbocycles. The van der Waals surface area contributed by atoms with Gasteiger partial charge < -0.3 is 0 Å². The first-order valence-electron chi connectivity index (χ1n) is 8.38. The van der Waals surface area contributed by atoms with Crippen molar-refractivity contribution in [3.8, 4) is 0 Å². The molecule has 0 radical (unpaired) electrons. The van der Waals surface area contributed by atoms with Gasteiger partial charge in [0.25, 0.3) is 11.1 Å². The predicted molar refractivity (Wildman–Crippen MR) is 97.0 cm³/mol. The standard InChI is InChI=1S/C15H17N7O4S/c1-8(7-16-27(2,25)26)21-14(23)10-5-13-11(6-12(10)17-19-21)15(24)22(20-18-13)9-3-4-9/h5-6,8-9,16H,3-4,7H2,1-2H3. The number of nitrogens with zero attached hydrogens (tertiary/aromatic N) is 6. The van der Waals surface area contributed by atoms with Crippen LogP contribution in [0.15, 0.2) is 21.7 Å². The molecule has 0 amide bonds. The Labute approximate surface area is 153 Å². The van der Waals surface area contributed by atoms with E-state index in [0.717, 1.165) is 23.8 Å². The highest BCUT2D eigenvalue weighted by Crippen LogP contribution is 2.32. The summed E-state index contributed by atoms with van der Waals surface area (Å²) in [5.41, 5.74) is -0.124. The zero-order valence-electron chi connectivity index (χ0n) is 14.7. The summed E-state index contributed by atoms with van der Waals surface area (Å²) < 4.78 is 27.3. The van der Waals surface area contributed by atoms with Crippen LogP contribution in [-0.4, -0.2) is 51.2 Å². The fourth-order valence-corrected chi connectivity index (χ4v) is 3.35. The summed E-state index contributed by atoms with van der Waals surface area (Å²) in [6.45, 7) is 1.65. The molecule has 2 heterocycles. The van der Waals surface area contributed by atoms with Gasteiger partial charge in [0.15, 0.2) is 0 Å². The lowest BCUT2D eigenvalue weighted by atomic mass is 10.2. The highest BCUT2D eigenvalue weighted by atomic mass is 32.2. The lowest BCUT2D eigenvalue weighted by Crippen LogP contribution is -2.35. The number of nitrogens with one attached hydrogen (secondary N) is 1. The SMILES string of the molecule is CC(CNS(C)(=O)=O)n1nnc2cc3c(=O)n(C4CC4)nnc3cc2c1=O. The number of rotatable bonds is 5. The highest BCUT2D eigenvalue weighted by molar-refractivity contribution is 7.88. The van der Waals surface area contributed by atoms with Crippen LogP contribution in [0.1, 0.15) is 31.8 Å². The van der Waals surface area contributed by atoms with Crippen LogP contribution in [0.3, 0.4) is 0 Å². The van der Waals surface area contributed by atoms with Crippen molar-refractivity contribution >= 4 is 31.8 Å². The molecule has 142 valence electrons. The second-order valence-electron chi connectivity index (χ2n) is 6.77. The van der Waals surface area contributed by atoms with Crippen molar-refractivity contribution in [2.75, 3.05) is 12.8 Å². The Morgan fingerprint density at radius 2 is 1.70 bits per heavy atom. The van der Waals surface area contributed by atoms with Crippen molar-refractivity contribution in [3.05, 3.63) is 32.8 Å². The van der Waals surface area contributed by atoms with Gasteiger partial charge >= 0.3 is 0 Å². The smallest absolute Gasteiger partial charge is 0.267 e. The molecular weight excluding hydrogens is 374 g/mol. The summed E-state index contributed by atoms with van der Waals surface area (Å²) in [6, 6.07) is 2.51. The van der Waals surface area contributed by atoms with Gasteiger partial charge in [0, 0.05) is 6.54 Å². The monoisotopic (exact) mass is 391 g/mol. The van der Waals surface area contributed by atoms with Gasteiger partial charge in [0.2, 0.25) is 10.0 Å². The summed E-state index contributed by atoms with van der Waals surface area (Å²) in [4.78, 5) is 25.3. The average molecular weight is 391 g/mol. The van der Waals surface area contributed by atoms with Crippen molar-refractivity contribution in [3.63, 3.8) is 0 Å². The van der Waals surface area contributed by atoms with Crippen LogP contribution in [0.25, 0.3) is 21.8 Å². The number of aromatic nitrogens is 6. The number of sulfonamides is 1. The minimum atomic E-state index is -3.39. The Morgan fingerprint density at radius 3 is 2.30 bits per heavy atom. The lowest BCUT2D eigenvalue weighted by molar-refractivity contribution is 0.443. The molecule has 1 unspecified atom stereocenters. The summed E-state index contributed by atoms with van der Waals surface area (Å²) in [7, 11) is -3.39. The van der Waals surface area contributed by atoms with Gasteiger partial charge in [-0.1, -0.05) is 10.4 Å². The van der Waals surface area contributed by atoms with Crippen LogP contribution in [-0.2, 0) is 10.0 Å². The minimum Gasteiger partial charge on any atom is -0.267 e. The molecule has 3 aromatic rings. The van der Waals surface area contributed by atoms with Crippen molar-refractivity contribution < 1.29 is 8.42 Å². The topological polar surface area (TPSA) is 142 Å². The van der Waals surface area contributed by atoms with Gasteiger partial charge in [-0.15, -0.1) is 10.2 Å². The second-order valence-corrected chi connectivity index (χ2v) is 8.60. The van der Waals surface area contributed by atoms with Crippen LogP contribution >= 0.6 is 0 Å². The van der Waals surface area contributed by atoms with Gasteiger partial charge in [-0.25, -0.2) is 22.5 Å². The van der Waals surface area contributed by atoms with Gasteiger partial charge in [0.05, 0.1) is 29.1 Å². The normalized spacial score (nSPS) is 16.1. The fraction of sp³-hybridized carbons (Fsp3) is 0.467. The average Bonchev–Trinajstić information content (AvgIpc) is 3.44. The molecule has 2 aromatic heterocycles. The zero-order valence-corrected chi connectivity index (χ0v) is 15.5. The summed E-state index contributed by atoms with van der Waals surface area (Å²) >= 11 is 0. The van der Waals surface area contributed by atoms with Crippen LogP contribution < -0.4 is 15.8 Å². The Morgan fingerprint density at radius 1 is 1.11 bits per heavy atom. The summed E-state index contributed by atoms with van der Waals surface area (Å²) in [5.74, 6) is 0. The van der Waals surface area contributed by atoms with E-state index >= 15 is 0 Å². The van der Waals surface area contributed by atoms with E-state index in [1.165, 1.54) is 16.8 Å². The van der Waals surface area contributed by atoms with Crippen molar-refractivity contribution in [2.24, 2.45) is 0 Å². The molecule has 0 saturated heterocycles. The van der Waals surface area contributed by atoms with E-state index in [9.17, 15) is 18.0 Å². The Kier molecular flexibility index (Phi) is 4.03. The zero-order chi connectivity index (χ0) is 19.3. The van der Waals surface area contributed by atoms with E-state index in [4.69, 9.17) is 0 Å². The van der Waals surface area contributed by atoms with Gasteiger partial charge in [-0.2, -0.15) is 0 Å². The quantitative estimate of drug-likeness (QED) is 0.565. The molecule has 27 heavy (non-hydrogen) atoms. The van der Waals surface area contributed by atoms with Crippen LogP contribution in [0.4, 0.5) is 0 Å². The minimum absolute atomic E-state index is 0.00158.